The molecule has 0 aromatic heterocycles. The van der Waals surface area contributed by atoms with Gasteiger partial charge in [-0.2, -0.15) is 0 Å². The van der Waals surface area contributed by atoms with Crippen molar-refractivity contribution in [3.63, 3.8) is 0 Å². The summed E-state index contributed by atoms with van der Waals surface area (Å²) in [7, 11) is 0. The highest BCUT2D eigenvalue weighted by Gasteiger charge is 2.35. The Morgan fingerprint density at radius 3 is 2.86 bits per heavy atom. The molecular weight excluding hydrogens is 174 g/mol. The molecular formula is C12H23NO. The van der Waals surface area contributed by atoms with Crippen LogP contribution in [0, 0.1) is 11.8 Å². The van der Waals surface area contributed by atoms with E-state index in [-0.39, 0.29) is 0 Å². The smallest absolute Gasteiger partial charge is 0.0468 e. The van der Waals surface area contributed by atoms with Crippen molar-refractivity contribution in [1.29, 1.82) is 0 Å². The lowest BCUT2D eigenvalue weighted by Gasteiger charge is -2.32. The van der Waals surface area contributed by atoms with Crippen molar-refractivity contribution >= 4 is 0 Å². The van der Waals surface area contributed by atoms with Gasteiger partial charge in [0.25, 0.3) is 0 Å². The number of aliphatic hydroxyl groups is 1. The molecule has 0 bridgehead atoms. The van der Waals surface area contributed by atoms with E-state index in [0.717, 1.165) is 18.5 Å². The molecule has 1 saturated heterocycles. The van der Waals surface area contributed by atoms with Gasteiger partial charge in [-0.25, -0.2) is 0 Å². The number of aliphatic hydroxyl groups excluding tert-OH is 1. The molecule has 2 aliphatic rings. The molecule has 1 aliphatic heterocycles. The van der Waals surface area contributed by atoms with Crippen molar-refractivity contribution in [2.45, 2.75) is 45.1 Å². The molecule has 2 heteroatoms. The predicted octanol–water partition coefficient (Wildman–Crippen LogP) is 1.88. The molecule has 2 fully saturated rings. The van der Waals surface area contributed by atoms with Crippen LogP contribution in [-0.2, 0) is 0 Å². The lowest BCUT2D eigenvalue weighted by Crippen LogP contribution is -2.38. The summed E-state index contributed by atoms with van der Waals surface area (Å²) in [5, 5.41) is 9.06. The van der Waals surface area contributed by atoms with Crippen molar-refractivity contribution in [2.75, 3.05) is 19.7 Å². The lowest BCUT2D eigenvalue weighted by molar-refractivity contribution is 0.135. The van der Waals surface area contributed by atoms with Gasteiger partial charge >= 0.3 is 0 Å². The maximum absolute atomic E-state index is 9.06. The summed E-state index contributed by atoms with van der Waals surface area (Å²) in [6.45, 7) is 4.88. The van der Waals surface area contributed by atoms with Crippen molar-refractivity contribution in [3.8, 4) is 0 Å². The first kappa shape index (κ1) is 10.4. The normalized spacial score (nSPS) is 35.6. The molecule has 1 heterocycles. The van der Waals surface area contributed by atoms with Gasteiger partial charge in [0.2, 0.25) is 0 Å². The third kappa shape index (κ3) is 2.12. The first-order chi connectivity index (χ1) is 6.81. The Morgan fingerprint density at radius 2 is 2.07 bits per heavy atom. The van der Waals surface area contributed by atoms with Crippen LogP contribution in [0.3, 0.4) is 0 Å². The Bertz CT molecular complexity index is 183. The van der Waals surface area contributed by atoms with Crippen molar-refractivity contribution in [3.05, 3.63) is 0 Å². The van der Waals surface area contributed by atoms with Crippen LogP contribution in [0.4, 0.5) is 0 Å². The quantitative estimate of drug-likeness (QED) is 0.746. The molecule has 0 radical (unpaired) electrons. The average molecular weight is 197 g/mol. The number of likely N-dealkylation sites (tertiary alicyclic amines) is 1. The molecule has 14 heavy (non-hydrogen) atoms. The first-order valence-corrected chi connectivity index (χ1v) is 6.16. The highest BCUT2D eigenvalue weighted by atomic mass is 16.3. The molecule has 0 spiro atoms. The van der Waals surface area contributed by atoms with Crippen LogP contribution in [0.5, 0.6) is 0 Å². The van der Waals surface area contributed by atoms with Gasteiger partial charge in [-0.1, -0.05) is 19.8 Å². The fourth-order valence-electron chi connectivity index (χ4n) is 3.19. The summed E-state index contributed by atoms with van der Waals surface area (Å²) in [4.78, 5) is 2.63. The fraction of sp³-hybridized carbons (Fsp3) is 1.00. The Hall–Kier alpha value is -0.0800. The minimum atomic E-state index is 0.341. The molecule has 82 valence electrons. The SMILES string of the molecule is CC(CO)CN1CC[C@@H]2CCCC[C@@H]21. The standard InChI is InChI=1S/C12H23NO/c1-10(9-14)8-13-7-6-11-4-2-3-5-12(11)13/h10-12,14H,2-9H2,1H3/t10?,11-,12-/m0/s1. The zero-order valence-electron chi connectivity index (χ0n) is 9.28. The lowest BCUT2D eigenvalue weighted by atomic mass is 9.85. The van der Waals surface area contributed by atoms with E-state index < -0.39 is 0 Å². The van der Waals surface area contributed by atoms with Crippen LogP contribution in [0.15, 0.2) is 0 Å². The first-order valence-electron chi connectivity index (χ1n) is 6.16. The summed E-state index contributed by atoms with van der Waals surface area (Å²) >= 11 is 0. The van der Waals surface area contributed by atoms with E-state index in [2.05, 4.69) is 11.8 Å². The third-order valence-corrected chi connectivity index (χ3v) is 3.98. The number of hydrogen-bond donors (Lipinski definition) is 1. The van der Waals surface area contributed by atoms with Crippen LogP contribution < -0.4 is 0 Å². The zero-order valence-corrected chi connectivity index (χ0v) is 9.28. The molecule has 0 amide bonds. The minimum Gasteiger partial charge on any atom is -0.396 e. The van der Waals surface area contributed by atoms with E-state index in [0.29, 0.717) is 12.5 Å². The summed E-state index contributed by atoms with van der Waals surface area (Å²) in [5.74, 6) is 1.44. The second-order valence-electron chi connectivity index (χ2n) is 5.18. The summed E-state index contributed by atoms with van der Waals surface area (Å²) in [6.07, 6.45) is 7.13. The summed E-state index contributed by atoms with van der Waals surface area (Å²) < 4.78 is 0. The van der Waals surface area contributed by atoms with Crippen molar-refractivity contribution < 1.29 is 5.11 Å². The van der Waals surface area contributed by atoms with Crippen molar-refractivity contribution in [1.82, 2.24) is 4.90 Å². The van der Waals surface area contributed by atoms with Crippen LogP contribution in [0.25, 0.3) is 0 Å². The van der Waals surface area contributed by atoms with E-state index in [1.165, 1.54) is 38.6 Å². The monoisotopic (exact) mass is 197 g/mol. The van der Waals surface area contributed by atoms with E-state index in [9.17, 15) is 0 Å². The molecule has 0 aromatic rings. The number of fused-ring (bicyclic) bond motifs is 1. The Labute approximate surface area is 87.3 Å². The maximum atomic E-state index is 9.06. The highest BCUT2D eigenvalue weighted by Crippen LogP contribution is 2.36. The fourth-order valence-corrected chi connectivity index (χ4v) is 3.19. The second kappa shape index (κ2) is 4.63. The van der Waals surface area contributed by atoms with Gasteiger partial charge in [-0.15, -0.1) is 0 Å². The Kier molecular flexibility index (Phi) is 3.45. The van der Waals surface area contributed by atoms with Gasteiger partial charge in [0.15, 0.2) is 0 Å². The van der Waals surface area contributed by atoms with E-state index in [4.69, 9.17) is 5.11 Å². The minimum absolute atomic E-state index is 0.341. The zero-order chi connectivity index (χ0) is 9.97. The third-order valence-electron chi connectivity index (χ3n) is 3.98. The average Bonchev–Trinajstić information content (AvgIpc) is 2.62. The topological polar surface area (TPSA) is 23.5 Å². The molecule has 2 rings (SSSR count). The van der Waals surface area contributed by atoms with Crippen LogP contribution in [0.2, 0.25) is 0 Å². The molecule has 1 unspecified atom stereocenters. The highest BCUT2D eigenvalue weighted by molar-refractivity contribution is 4.90. The summed E-state index contributed by atoms with van der Waals surface area (Å²) in [6, 6.07) is 0.859. The molecule has 1 aliphatic carbocycles. The van der Waals surface area contributed by atoms with E-state index >= 15 is 0 Å². The molecule has 1 saturated carbocycles. The largest absolute Gasteiger partial charge is 0.396 e. The maximum Gasteiger partial charge on any atom is 0.0468 e. The number of rotatable bonds is 3. The van der Waals surface area contributed by atoms with Gasteiger partial charge in [0.05, 0.1) is 0 Å². The van der Waals surface area contributed by atoms with Gasteiger partial charge in [-0.05, 0) is 37.6 Å². The van der Waals surface area contributed by atoms with Crippen molar-refractivity contribution in [2.24, 2.45) is 11.8 Å². The van der Waals surface area contributed by atoms with E-state index in [1.54, 1.807) is 0 Å². The van der Waals surface area contributed by atoms with Gasteiger partial charge in [0, 0.05) is 19.2 Å². The van der Waals surface area contributed by atoms with Gasteiger partial charge < -0.3 is 5.11 Å². The van der Waals surface area contributed by atoms with Crippen LogP contribution in [-0.4, -0.2) is 35.7 Å². The van der Waals surface area contributed by atoms with Crippen LogP contribution >= 0.6 is 0 Å². The van der Waals surface area contributed by atoms with Gasteiger partial charge in [0.1, 0.15) is 0 Å². The molecule has 2 nitrogen and oxygen atoms in total. The molecule has 0 aromatic carbocycles. The summed E-state index contributed by atoms with van der Waals surface area (Å²) in [5.41, 5.74) is 0. The Morgan fingerprint density at radius 1 is 1.29 bits per heavy atom. The van der Waals surface area contributed by atoms with Gasteiger partial charge in [-0.3, -0.25) is 4.90 Å². The Balaban J connectivity index is 1.87. The second-order valence-corrected chi connectivity index (χ2v) is 5.18. The van der Waals surface area contributed by atoms with E-state index in [1.807, 2.05) is 0 Å². The molecule has 3 atom stereocenters. The molecule has 1 N–H and O–H groups in total. The number of nitrogens with zero attached hydrogens (tertiary/aromatic N) is 1. The van der Waals surface area contributed by atoms with Crippen LogP contribution in [0.1, 0.15) is 39.0 Å². The number of hydrogen-bond acceptors (Lipinski definition) is 2. The predicted molar refractivity (Wildman–Crippen MR) is 58.2 cm³/mol.